The van der Waals surface area contributed by atoms with Gasteiger partial charge in [-0.1, -0.05) is 23.7 Å². The number of hydrogen-bond acceptors (Lipinski definition) is 5. The van der Waals surface area contributed by atoms with Crippen LogP contribution in [0.4, 0.5) is 4.39 Å². The molecule has 6 aromatic rings. The molecule has 11 heteroatoms. The van der Waals surface area contributed by atoms with E-state index >= 15 is 0 Å². The van der Waals surface area contributed by atoms with Crippen molar-refractivity contribution in [2.45, 2.75) is 45.8 Å². The van der Waals surface area contributed by atoms with Crippen molar-refractivity contribution in [3.05, 3.63) is 99.0 Å². The second-order valence-corrected chi connectivity index (χ2v) is 12.6. The Labute approximate surface area is 276 Å². The molecule has 1 aliphatic heterocycles. The molecule has 3 aromatic heterocycles. The molecule has 47 heavy (non-hydrogen) atoms. The highest BCUT2D eigenvalue weighted by Gasteiger charge is 2.27. The van der Waals surface area contributed by atoms with Crippen molar-refractivity contribution >= 4 is 39.2 Å². The molecule has 242 valence electrons. The number of aryl methyl sites for hydroxylation is 6. The van der Waals surface area contributed by atoms with E-state index in [-0.39, 0.29) is 24.7 Å². The summed E-state index contributed by atoms with van der Waals surface area (Å²) in [6.45, 7) is 2.82. The zero-order chi connectivity index (χ0) is 33.0. The number of aromatic nitrogens is 5. The molecule has 0 amide bonds. The first-order chi connectivity index (χ1) is 22.6. The standard InChI is InChI=1S/C36H35ClFN5O4/c1-20-32-30(40-42(20)3)19-46-18-24-17-25(43(4)39-24)9-7-21-14-22-16-23(38)8-10-26(22)31(15-21)47-13-5-6-27-28-11-12-29(37)33(32)34(28)41(2)35(27)36(44)45/h8,10-12,14-17H,5-7,9,13,18-19H2,1-4H3,(H,44,45). The van der Waals surface area contributed by atoms with Gasteiger partial charge in [-0.05, 0) is 85.5 Å². The van der Waals surface area contributed by atoms with E-state index in [0.717, 1.165) is 61.9 Å². The average Bonchev–Trinajstić information content (AvgIpc) is 3.63. The third-order valence-electron chi connectivity index (χ3n) is 9.22. The van der Waals surface area contributed by atoms with Gasteiger partial charge in [-0.3, -0.25) is 9.36 Å². The van der Waals surface area contributed by atoms with Crippen LogP contribution in [0.15, 0.2) is 48.5 Å². The van der Waals surface area contributed by atoms with Crippen LogP contribution in [0.1, 0.15) is 50.8 Å². The Bertz CT molecular complexity index is 2200. The minimum atomic E-state index is -1.02. The normalized spacial score (nSPS) is 14.3. The van der Waals surface area contributed by atoms with Crippen LogP contribution in [0.3, 0.4) is 0 Å². The van der Waals surface area contributed by atoms with E-state index in [1.165, 1.54) is 12.1 Å². The molecule has 4 heterocycles. The Balaban J connectivity index is 1.36. The molecular weight excluding hydrogens is 621 g/mol. The van der Waals surface area contributed by atoms with Crippen molar-refractivity contribution in [1.82, 2.24) is 24.1 Å². The van der Waals surface area contributed by atoms with Gasteiger partial charge >= 0.3 is 5.97 Å². The molecule has 0 spiro atoms. The smallest absolute Gasteiger partial charge is 0.352 e. The first-order valence-electron chi connectivity index (χ1n) is 15.6. The van der Waals surface area contributed by atoms with E-state index < -0.39 is 5.97 Å². The summed E-state index contributed by atoms with van der Waals surface area (Å²) >= 11 is 6.93. The Morgan fingerprint density at radius 2 is 1.74 bits per heavy atom. The van der Waals surface area contributed by atoms with Crippen LogP contribution >= 0.6 is 11.6 Å². The first-order valence-corrected chi connectivity index (χ1v) is 16.0. The molecule has 0 atom stereocenters. The van der Waals surface area contributed by atoms with Crippen molar-refractivity contribution in [2.75, 3.05) is 6.61 Å². The molecule has 9 nitrogen and oxygen atoms in total. The van der Waals surface area contributed by atoms with Gasteiger partial charge in [0.25, 0.3) is 0 Å². The van der Waals surface area contributed by atoms with Crippen LogP contribution in [0.2, 0.25) is 5.02 Å². The van der Waals surface area contributed by atoms with Crippen LogP contribution < -0.4 is 4.74 Å². The van der Waals surface area contributed by atoms with Crippen LogP contribution in [-0.2, 0) is 58.4 Å². The average molecular weight is 656 g/mol. The number of carbonyl (C=O) groups is 1. The number of ether oxygens (including phenoxy) is 2. The maximum atomic E-state index is 14.3. The molecule has 3 aromatic carbocycles. The van der Waals surface area contributed by atoms with Crippen molar-refractivity contribution in [3.63, 3.8) is 0 Å². The SMILES string of the molecule is Cc1c2c(nn1C)COCc1cc(n(C)n1)CCc1cc(c3ccc(F)cc3c1)OCCCc1c(C(=O)O)n(C)c3c-2c(Cl)ccc13. The minimum absolute atomic E-state index is 0.207. The van der Waals surface area contributed by atoms with Gasteiger partial charge in [0.1, 0.15) is 17.3 Å². The lowest BCUT2D eigenvalue weighted by atomic mass is 9.98. The summed E-state index contributed by atoms with van der Waals surface area (Å²) in [6, 6.07) is 14.5. The fourth-order valence-electron chi connectivity index (χ4n) is 6.93. The van der Waals surface area contributed by atoms with E-state index in [1.807, 2.05) is 56.0 Å². The summed E-state index contributed by atoms with van der Waals surface area (Å²) in [4.78, 5) is 12.7. The fraction of sp³-hybridized carbons (Fsp3) is 0.306. The summed E-state index contributed by atoms with van der Waals surface area (Å²) in [7, 11) is 5.56. The van der Waals surface area contributed by atoms with Crippen molar-refractivity contribution < 1.29 is 23.8 Å². The van der Waals surface area contributed by atoms with Crippen LogP contribution in [0.25, 0.3) is 32.8 Å². The Morgan fingerprint density at radius 3 is 2.55 bits per heavy atom. The monoisotopic (exact) mass is 655 g/mol. The van der Waals surface area contributed by atoms with E-state index in [1.54, 1.807) is 22.4 Å². The van der Waals surface area contributed by atoms with E-state index in [0.29, 0.717) is 47.9 Å². The Hall–Kier alpha value is -4.67. The third-order valence-corrected chi connectivity index (χ3v) is 9.53. The zero-order valence-electron chi connectivity index (χ0n) is 26.7. The number of rotatable bonds is 1. The zero-order valence-corrected chi connectivity index (χ0v) is 27.5. The summed E-state index contributed by atoms with van der Waals surface area (Å²) in [5, 5.41) is 22.8. The van der Waals surface area contributed by atoms with Gasteiger partial charge in [0.2, 0.25) is 0 Å². The van der Waals surface area contributed by atoms with Crippen molar-refractivity contribution in [1.29, 1.82) is 0 Å². The third kappa shape index (κ3) is 5.55. The highest BCUT2D eigenvalue weighted by Crippen LogP contribution is 2.42. The van der Waals surface area contributed by atoms with Crippen molar-refractivity contribution in [2.24, 2.45) is 21.1 Å². The predicted octanol–water partition coefficient (Wildman–Crippen LogP) is 7.09. The molecule has 0 unspecified atom stereocenters. The highest BCUT2D eigenvalue weighted by atomic mass is 35.5. The highest BCUT2D eigenvalue weighted by molar-refractivity contribution is 6.35. The molecule has 0 fully saturated rings. The predicted molar refractivity (Wildman–Crippen MR) is 179 cm³/mol. The number of carboxylic acid groups (broad SMARTS) is 1. The van der Waals surface area contributed by atoms with Crippen LogP contribution in [-0.4, -0.2) is 41.8 Å². The maximum absolute atomic E-state index is 14.3. The summed E-state index contributed by atoms with van der Waals surface area (Å²) in [5.41, 5.74) is 7.66. The number of hydrogen-bond donors (Lipinski definition) is 1. The number of halogens is 2. The van der Waals surface area contributed by atoms with Crippen LogP contribution in [0, 0.1) is 12.7 Å². The van der Waals surface area contributed by atoms with Crippen molar-refractivity contribution in [3.8, 4) is 16.9 Å². The van der Waals surface area contributed by atoms with E-state index in [2.05, 4.69) is 5.10 Å². The molecule has 7 rings (SSSR count). The van der Waals surface area contributed by atoms with E-state index in [4.69, 9.17) is 26.2 Å². The second-order valence-electron chi connectivity index (χ2n) is 12.2. The Morgan fingerprint density at radius 1 is 0.936 bits per heavy atom. The van der Waals surface area contributed by atoms with Gasteiger partial charge in [-0.25, -0.2) is 9.18 Å². The van der Waals surface area contributed by atoms with Gasteiger partial charge in [0, 0.05) is 54.4 Å². The molecule has 0 radical (unpaired) electrons. The largest absolute Gasteiger partial charge is 0.493 e. The maximum Gasteiger partial charge on any atom is 0.352 e. The second kappa shape index (κ2) is 12.2. The lowest BCUT2D eigenvalue weighted by Crippen LogP contribution is -2.09. The number of aromatic carboxylic acids is 1. The number of nitrogens with zero attached hydrogens (tertiary/aromatic N) is 5. The Kier molecular flexibility index (Phi) is 8.01. The van der Waals surface area contributed by atoms with Crippen LogP contribution in [0.5, 0.6) is 5.75 Å². The quantitative estimate of drug-likeness (QED) is 0.203. The molecular formula is C36H35ClFN5O4. The van der Waals surface area contributed by atoms with Gasteiger partial charge in [-0.2, -0.15) is 10.2 Å². The molecule has 1 aliphatic rings. The van der Waals surface area contributed by atoms with Gasteiger partial charge in [0.05, 0.1) is 41.7 Å². The molecule has 1 N–H and O–H groups in total. The molecule has 8 bridgehead atoms. The lowest BCUT2D eigenvalue weighted by molar-refractivity contribution is 0.0685. The fourth-order valence-corrected chi connectivity index (χ4v) is 7.17. The topological polar surface area (TPSA) is 96.3 Å². The summed E-state index contributed by atoms with van der Waals surface area (Å²) < 4.78 is 32.2. The summed E-state index contributed by atoms with van der Waals surface area (Å²) in [6.07, 6.45) is 2.47. The first kappa shape index (κ1) is 31.0. The number of benzene rings is 3. The van der Waals surface area contributed by atoms with Gasteiger partial charge < -0.3 is 19.1 Å². The number of carboxylic acids is 1. The van der Waals surface area contributed by atoms with E-state index in [9.17, 15) is 14.3 Å². The minimum Gasteiger partial charge on any atom is -0.493 e. The van der Waals surface area contributed by atoms with Gasteiger partial charge in [0.15, 0.2) is 0 Å². The van der Waals surface area contributed by atoms with Gasteiger partial charge in [-0.15, -0.1) is 0 Å². The molecule has 0 aliphatic carbocycles. The number of fused-ring (bicyclic) bond motifs is 8. The summed E-state index contributed by atoms with van der Waals surface area (Å²) in [5.74, 6) is -0.649. The lowest BCUT2D eigenvalue weighted by Gasteiger charge is -2.13. The molecule has 0 saturated heterocycles. The molecule has 0 saturated carbocycles.